The lowest BCUT2D eigenvalue weighted by Crippen LogP contribution is -2.27. The Morgan fingerprint density at radius 1 is 1.18 bits per heavy atom. The average molecular weight is 325 g/mol. The monoisotopic (exact) mass is 325 g/mol. The number of hydrogen-bond donors (Lipinski definition) is 0. The molecule has 3 rings (SSSR count). The van der Waals surface area contributed by atoms with Crippen molar-refractivity contribution in [1.29, 1.82) is 10.5 Å². The van der Waals surface area contributed by atoms with Crippen LogP contribution in [0, 0.1) is 22.7 Å². The van der Waals surface area contributed by atoms with Crippen LogP contribution in [0.15, 0.2) is 40.6 Å². The van der Waals surface area contributed by atoms with Crippen molar-refractivity contribution in [2.75, 3.05) is 11.4 Å². The van der Waals surface area contributed by atoms with Gasteiger partial charge in [-0.05, 0) is 30.0 Å². The lowest BCUT2D eigenvalue weighted by atomic mass is 10.2. The van der Waals surface area contributed by atoms with Crippen molar-refractivity contribution in [1.82, 2.24) is 0 Å². The summed E-state index contributed by atoms with van der Waals surface area (Å²) in [5.74, 6) is 0.0108. The summed E-state index contributed by atoms with van der Waals surface area (Å²) in [6.45, 7) is 0.612. The van der Waals surface area contributed by atoms with Gasteiger partial charge in [-0.3, -0.25) is 4.79 Å². The van der Waals surface area contributed by atoms with Crippen LogP contribution in [-0.4, -0.2) is 17.7 Å². The van der Waals surface area contributed by atoms with Gasteiger partial charge in [-0.15, -0.1) is 23.1 Å². The summed E-state index contributed by atoms with van der Waals surface area (Å²) < 4.78 is 0. The van der Waals surface area contributed by atoms with Crippen molar-refractivity contribution in [3.05, 3.63) is 46.8 Å². The van der Waals surface area contributed by atoms with Crippen molar-refractivity contribution >= 4 is 34.0 Å². The minimum absolute atomic E-state index is 0.0108. The molecule has 0 N–H and O–H groups in total. The first-order chi connectivity index (χ1) is 10.7. The normalized spacial score (nSPS) is 17.3. The van der Waals surface area contributed by atoms with Gasteiger partial charge in [0, 0.05) is 11.4 Å². The molecule has 1 amide bonds. The molecule has 1 atom stereocenters. The fraction of sp³-hybridized carbons (Fsp3) is 0.188. The van der Waals surface area contributed by atoms with Crippen molar-refractivity contribution in [2.45, 2.75) is 16.6 Å². The van der Waals surface area contributed by atoms with Gasteiger partial charge in [0.15, 0.2) is 0 Å². The van der Waals surface area contributed by atoms with E-state index in [0.29, 0.717) is 24.1 Å². The van der Waals surface area contributed by atoms with Crippen LogP contribution < -0.4 is 4.90 Å². The fourth-order valence-electron chi connectivity index (χ4n) is 2.38. The molecule has 6 heteroatoms. The van der Waals surface area contributed by atoms with E-state index in [1.165, 1.54) is 23.1 Å². The molecule has 1 fully saturated rings. The number of carbonyl (C=O) groups excluding carboxylic acids is 1. The topological polar surface area (TPSA) is 67.9 Å². The smallest absolute Gasteiger partial charge is 0.241 e. The zero-order valence-electron chi connectivity index (χ0n) is 11.5. The molecular weight excluding hydrogens is 314 g/mol. The Labute approximate surface area is 136 Å². The Morgan fingerprint density at radius 3 is 2.73 bits per heavy atom. The number of nitriles is 2. The number of thioether (sulfide) groups is 1. The van der Waals surface area contributed by atoms with Crippen LogP contribution in [0.4, 0.5) is 5.00 Å². The minimum Gasteiger partial charge on any atom is -0.302 e. The Balaban J connectivity index is 1.80. The maximum atomic E-state index is 12.6. The van der Waals surface area contributed by atoms with Crippen molar-refractivity contribution in [3.8, 4) is 12.1 Å². The molecule has 1 saturated heterocycles. The van der Waals surface area contributed by atoms with Crippen LogP contribution in [0.5, 0.6) is 0 Å². The Bertz CT molecular complexity index is 800. The third-order valence-corrected chi connectivity index (χ3v) is 5.71. The molecule has 22 heavy (non-hydrogen) atoms. The Morgan fingerprint density at radius 2 is 1.95 bits per heavy atom. The first-order valence-electron chi connectivity index (χ1n) is 6.69. The molecule has 0 bridgehead atoms. The largest absolute Gasteiger partial charge is 0.302 e. The lowest BCUT2D eigenvalue weighted by Gasteiger charge is -2.15. The Kier molecular flexibility index (Phi) is 4.15. The highest BCUT2D eigenvalue weighted by atomic mass is 32.2. The molecule has 4 nitrogen and oxygen atoms in total. The molecule has 1 aromatic heterocycles. The fourth-order valence-corrected chi connectivity index (χ4v) is 4.41. The molecule has 1 aliphatic rings. The summed E-state index contributed by atoms with van der Waals surface area (Å²) in [5.41, 5.74) is 1.13. The standard InChI is InChI=1S/C16H11N3OS2/c17-9-11-3-1-2-4-13(11)22-14-5-7-19(15(14)20)16-12(10-18)6-8-21-16/h1-4,6,8,14H,5,7H2/t14-/m1/s1. The molecule has 0 saturated carbocycles. The molecule has 0 aliphatic carbocycles. The first-order valence-corrected chi connectivity index (χ1v) is 8.45. The number of anilines is 1. The maximum absolute atomic E-state index is 12.6. The molecule has 1 aliphatic heterocycles. The zero-order chi connectivity index (χ0) is 15.5. The van der Waals surface area contributed by atoms with Gasteiger partial charge in [-0.2, -0.15) is 10.5 Å². The van der Waals surface area contributed by atoms with E-state index >= 15 is 0 Å². The summed E-state index contributed by atoms with van der Waals surface area (Å²) in [4.78, 5) is 15.1. The summed E-state index contributed by atoms with van der Waals surface area (Å²) >= 11 is 2.85. The van der Waals surface area contributed by atoms with E-state index in [-0.39, 0.29) is 11.2 Å². The van der Waals surface area contributed by atoms with Gasteiger partial charge >= 0.3 is 0 Å². The number of hydrogen-bond acceptors (Lipinski definition) is 5. The van der Waals surface area contributed by atoms with Gasteiger partial charge < -0.3 is 4.90 Å². The van der Waals surface area contributed by atoms with Gasteiger partial charge in [-0.1, -0.05) is 12.1 Å². The number of nitrogens with zero attached hydrogens (tertiary/aromatic N) is 3. The van der Waals surface area contributed by atoms with E-state index in [9.17, 15) is 4.79 Å². The highest BCUT2D eigenvalue weighted by Gasteiger charge is 2.35. The van der Waals surface area contributed by atoms with E-state index in [2.05, 4.69) is 12.1 Å². The summed E-state index contributed by atoms with van der Waals surface area (Å²) in [5, 5.41) is 20.6. The molecular formula is C16H11N3OS2. The van der Waals surface area contributed by atoms with Crippen LogP contribution in [0.25, 0.3) is 0 Å². The molecule has 0 radical (unpaired) electrons. The average Bonchev–Trinajstić information content (AvgIpc) is 3.15. The van der Waals surface area contributed by atoms with Crippen LogP contribution in [0.3, 0.4) is 0 Å². The second-order valence-electron chi connectivity index (χ2n) is 4.74. The molecule has 108 valence electrons. The molecule has 2 heterocycles. The maximum Gasteiger partial charge on any atom is 0.241 e. The number of benzene rings is 1. The van der Waals surface area contributed by atoms with Crippen LogP contribution >= 0.6 is 23.1 Å². The van der Waals surface area contributed by atoms with Crippen LogP contribution in [0.1, 0.15) is 17.5 Å². The van der Waals surface area contributed by atoms with Gasteiger partial charge in [0.25, 0.3) is 0 Å². The van der Waals surface area contributed by atoms with Crippen LogP contribution in [0.2, 0.25) is 0 Å². The number of carbonyl (C=O) groups is 1. The SMILES string of the molecule is N#Cc1ccccc1S[C@@H]1CCN(c2sccc2C#N)C1=O. The predicted molar refractivity (Wildman–Crippen MR) is 86.8 cm³/mol. The van der Waals surface area contributed by atoms with Crippen molar-refractivity contribution < 1.29 is 4.79 Å². The third kappa shape index (κ3) is 2.59. The van der Waals surface area contributed by atoms with E-state index in [4.69, 9.17) is 10.5 Å². The van der Waals surface area contributed by atoms with Gasteiger partial charge in [-0.25, -0.2) is 0 Å². The number of rotatable bonds is 3. The van der Waals surface area contributed by atoms with Crippen LogP contribution in [-0.2, 0) is 4.79 Å². The molecule has 1 aromatic carbocycles. The first kappa shape index (κ1) is 14.6. The second-order valence-corrected chi connectivity index (χ2v) is 6.88. The zero-order valence-corrected chi connectivity index (χ0v) is 13.2. The molecule has 0 unspecified atom stereocenters. The minimum atomic E-state index is -0.205. The van der Waals surface area contributed by atoms with E-state index < -0.39 is 0 Å². The van der Waals surface area contributed by atoms with Gasteiger partial charge in [0.1, 0.15) is 17.1 Å². The number of amides is 1. The van der Waals surface area contributed by atoms with Crippen molar-refractivity contribution in [2.24, 2.45) is 0 Å². The van der Waals surface area contributed by atoms with Gasteiger partial charge in [0.05, 0.1) is 16.4 Å². The van der Waals surface area contributed by atoms with E-state index in [1.807, 2.05) is 23.6 Å². The quantitative estimate of drug-likeness (QED) is 0.867. The van der Waals surface area contributed by atoms with E-state index in [1.54, 1.807) is 17.0 Å². The summed E-state index contributed by atoms with van der Waals surface area (Å²) in [6, 6.07) is 13.3. The second kappa shape index (κ2) is 6.23. The van der Waals surface area contributed by atoms with Gasteiger partial charge in [0.2, 0.25) is 5.91 Å². The number of thiophene rings is 1. The molecule has 2 aromatic rings. The van der Waals surface area contributed by atoms with Crippen molar-refractivity contribution in [3.63, 3.8) is 0 Å². The third-order valence-electron chi connectivity index (χ3n) is 3.44. The highest BCUT2D eigenvalue weighted by Crippen LogP contribution is 2.37. The summed E-state index contributed by atoms with van der Waals surface area (Å²) in [7, 11) is 0. The molecule has 0 spiro atoms. The van der Waals surface area contributed by atoms with E-state index in [0.717, 1.165) is 9.90 Å². The highest BCUT2D eigenvalue weighted by molar-refractivity contribution is 8.00. The summed E-state index contributed by atoms with van der Waals surface area (Å²) in [6.07, 6.45) is 0.714. The lowest BCUT2D eigenvalue weighted by molar-refractivity contribution is -0.116. The predicted octanol–water partition coefficient (Wildman–Crippen LogP) is 3.39. The Hall–Kier alpha value is -2.28.